The Kier molecular flexibility index (Phi) is 3.75. The van der Waals surface area contributed by atoms with Crippen molar-refractivity contribution in [2.75, 3.05) is 7.05 Å². The molecule has 1 nitrogen and oxygen atoms in total. The first-order valence-corrected chi connectivity index (χ1v) is 6.09. The van der Waals surface area contributed by atoms with Crippen LogP contribution in [0.3, 0.4) is 0 Å². The summed E-state index contributed by atoms with van der Waals surface area (Å²) < 4.78 is 1.11. The molecule has 0 unspecified atom stereocenters. The molecule has 2 rings (SSSR count). The van der Waals surface area contributed by atoms with Crippen LogP contribution >= 0.6 is 15.9 Å². The molecule has 2 aromatic carbocycles. The van der Waals surface area contributed by atoms with Gasteiger partial charge in [0.1, 0.15) is 0 Å². The summed E-state index contributed by atoms with van der Waals surface area (Å²) in [7, 11) is 1.97. The van der Waals surface area contributed by atoms with E-state index in [0.29, 0.717) is 0 Å². The van der Waals surface area contributed by atoms with Gasteiger partial charge < -0.3 is 5.32 Å². The van der Waals surface area contributed by atoms with Gasteiger partial charge in [0.05, 0.1) is 0 Å². The Morgan fingerprint density at radius 3 is 2.38 bits per heavy atom. The number of halogens is 1. The molecule has 0 fully saturated rings. The van der Waals surface area contributed by atoms with Crippen molar-refractivity contribution in [2.45, 2.75) is 6.54 Å². The zero-order valence-corrected chi connectivity index (χ0v) is 10.8. The number of benzene rings is 2. The van der Waals surface area contributed by atoms with E-state index in [2.05, 4.69) is 69.8 Å². The van der Waals surface area contributed by atoms with Crippen LogP contribution in [0.25, 0.3) is 11.1 Å². The fraction of sp³-hybridized carbons (Fsp3) is 0.143. The van der Waals surface area contributed by atoms with Gasteiger partial charge in [0, 0.05) is 11.0 Å². The van der Waals surface area contributed by atoms with E-state index in [1.807, 2.05) is 7.05 Å². The fourth-order valence-electron chi connectivity index (χ4n) is 1.78. The van der Waals surface area contributed by atoms with Crippen molar-refractivity contribution >= 4 is 15.9 Å². The third kappa shape index (κ3) is 2.52. The normalized spacial score (nSPS) is 10.4. The second-order valence-electron chi connectivity index (χ2n) is 3.69. The number of rotatable bonds is 3. The van der Waals surface area contributed by atoms with Crippen LogP contribution in [-0.2, 0) is 6.54 Å². The van der Waals surface area contributed by atoms with Crippen LogP contribution in [0.5, 0.6) is 0 Å². The molecule has 0 bridgehead atoms. The smallest absolute Gasteiger partial charge is 0.0208 e. The minimum Gasteiger partial charge on any atom is -0.316 e. The molecule has 0 aliphatic heterocycles. The summed E-state index contributed by atoms with van der Waals surface area (Å²) in [6, 6.07) is 16.9. The van der Waals surface area contributed by atoms with Gasteiger partial charge in [-0.25, -0.2) is 0 Å². The van der Waals surface area contributed by atoms with Crippen LogP contribution in [-0.4, -0.2) is 7.05 Å². The van der Waals surface area contributed by atoms with Crippen molar-refractivity contribution < 1.29 is 0 Å². The fourth-order valence-corrected chi connectivity index (χ4v) is 2.04. The molecular formula is C14H14BrN. The van der Waals surface area contributed by atoms with Crippen LogP contribution in [0, 0.1) is 0 Å². The Balaban J connectivity index is 2.42. The van der Waals surface area contributed by atoms with Crippen molar-refractivity contribution in [3.8, 4) is 11.1 Å². The first-order valence-electron chi connectivity index (χ1n) is 5.29. The first-order chi connectivity index (χ1) is 7.81. The van der Waals surface area contributed by atoms with Gasteiger partial charge in [-0.1, -0.05) is 52.3 Å². The standard InChI is InChI=1S/C14H14BrN/c1-16-10-12-4-2-3-5-14(12)11-6-8-13(15)9-7-11/h2-9,16H,10H2,1H3. The van der Waals surface area contributed by atoms with E-state index in [4.69, 9.17) is 0 Å². The van der Waals surface area contributed by atoms with Gasteiger partial charge in [-0.05, 0) is 35.9 Å². The molecule has 2 heteroatoms. The largest absolute Gasteiger partial charge is 0.316 e. The molecule has 0 atom stereocenters. The molecule has 16 heavy (non-hydrogen) atoms. The summed E-state index contributed by atoms with van der Waals surface area (Å²) in [6.45, 7) is 0.895. The molecule has 0 spiro atoms. The molecule has 0 radical (unpaired) electrons. The summed E-state index contributed by atoms with van der Waals surface area (Å²) in [6.07, 6.45) is 0. The Morgan fingerprint density at radius 2 is 1.69 bits per heavy atom. The van der Waals surface area contributed by atoms with E-state index in [1.54, 1.807) is 0 Å². The molecular weight excluding hydrogens is 262 g/mol. The van der Waals surface area contributed by atoms with Crippen LogP contribution in [0.15, 0.2) is 53.0 Å². The zero-order valence-electron chi connectivity index (χ0n) is 9.20. The molecule has 2 aromatic rings. The second-order valence-corrected chi connectivity index (χ2v) is 4.61. The molecule has 0 aromatic heterocycles. The third-order valence-corrected chi connectivity index (χ3v) is 3.07. The van der Waals surface area contributed by atoms with Crippen molar-refractivity contribution in [3.05, 3.63) is 58.6 Å². The maximum atomic E-state index is 3.45. The predicted molar refractivity (Wildman–Crippen MR) is 72.3 cm³/mol. The third-order valence-electron chi connectivity index (χ3n) is 2.54. The van der Waals surface area contributed by atoms with Crippen LogP contribution in [0.2, 0.25) is 0 Å². The van der Waals surface area contributed by atoms with E-state index >= 15 is 0 Å². The highest BCUT2D eigenvalue weighted by molar-refractivity contribution is 9.10. The summed E-state index contributed by atoms with van der Waals surface area (Å²) in [5, 5.41) is 3.20. The minimum atomic E-state index is 0.895. The zero-order chi connectivity index (χ0) is 11.4. The molecule has 0 aliphatic carbocycles. The number of hydrogen-bond donors (Lipinski definition) is 1. The topological polar surface area (TPSA) is 12.0 Å². The van der Waals surface area contributed by atoms with Gasteiger partial charge in [-0.3, -0.25) is 0 Å². The average Bonchev–Trinajstić information content (AvgIpc) is 2.32. The van der Waals surface area contributed by atoms with E-state index < -0.39 is 0 Å². The lowest BCUT2D eigenvalue weighted by molar-refractivity contribution is 0.819. The Labute approximate surface area is 105 Å². The predicted octanol–water partition coefficient (Wildman–Crippen LogP) is 3.84. The SMILES string of the molecule is CNCc1ccccc1-c1ccc(Br)cc1. The van der Waals surface area contributed by atoms with Gasteiger partial charge in [0.25, 0.3) is 0 Å². The van der Waals surface area contributed by atoms with Gasteiger partial charge in [0.15, 0.2) is 0 Å². The van der Waals surface area contributed by atoms with Gasteiger partial charge >= 0.3 is 0 Å². The van der Waals surface area contributed by atoms with Crippen molar-refractivity contribution in [2.24, 2.45) is 0 Å². The summed E-state index contributed by atoms with van der Waals surface area (Å²) >= 11 is 3.45. The van der Waals surface area contributed by atoms with Crippen LogP contribution < -0.4 is 5.32 Å². The Bertz CT molecular complexity index is 462. The number of hydrogen-bond acceptors (Lipinski definition) is 1. The van der Waals surface area contributed by atoms with Gasteiger partial charge in [-0.15, -0.1) is 0 Å². The lowest BCUT2D eigenvalue weighted by Gasteiger charge is -2.09. The maximum absolute atomic E-state index is 3.45. The lowest BCUT2D eigenvalue weighted by Crippen LogP contribution is -2.06. The van der Waals surface area contributed by atoms with Crippen molar-refractivity contribution in [1.82, 2.24) is 5.32 Å². The highest BCUT2D eigenvalue weighted by atomic mass is 79.9. The average molecular weight is 276 g/mol. The number of nitrogens with one attached hydrogen (secondary N) is 1. The van der Waals surface area contributed by atoms with Crippen molar-refractivity contribution in [1.29, 1.82) is 0 Å². The maximum Gasteiger partial charge on any atom is 0.0208 e. The summed E-state index contributed by atoms with van der Waals surface area (Å²) in [5.41, 5.74) is 3.88. The molecule has 1 N–H and O–H groups in total. The first kappa shape index (κ1) is 11.4. The van der Waals surface area contributed by atoms with Crippen LogP contribution in [0.1, 0.15) is 5.56 Å². The summed E-state index contributed by atoms with van der Waals surface area (Å²) in [4.78, 5) is 0. The Morgan fingerprint density at radius 1 is 1.00 bits per heavy atom. The van der Waals surface area contributed by atoms with E-state index in [0.717, 1.165) is 11.0 Å². The monoisotopic (exact) mass is 275 g/mol. The lowest BCUT2D eigenvalue weighted by atomic mass is 10.00. The van der Waals surface area contributed by atoms with E-state index in [9.17, 15) is 0 Å². The highest BCUT2D eigenvalue weighted by Gasteiger charge is 2.02. The molecule has 82 valence electrons. The summed E-state index contributed by atoms with van der Waals surface area (Å²) in [5.74, 6) is 0. The highest BCUT2D eigenvalue weighted by Crippen LogP contribution is 2.25. The van der Waals surface area contributed by atoms with Crippen LogP contribution in [0.4, 0.5) is 0 Å². The second kappa shape index (κ2) is 5.28. The molecule has 0 amide bonds. The van der Waals surface area contributed by atoms with Gasteiger partial charge in [0.2, 0.25) is 0 Å². The molecule has 0 saturated heterocycles. The Hall–Kier alpha value is -1.12. The van der Waals surface area contributed by atoms with E-state index in [-0.39, 0.29) is 0 Å². The van der Waals surface area contributed by atoms with Gasteiger partial charge in [-0.2, -0.15) is 0 Å². The molecule has 0 heterocycles. The minimum absolute atomic E-state index is 0.895. The molecule has 0 saturated carbocycles. The van der Waals surface area contributed by atoms with E-state index in [1.165, 1.54) is 16.7 Å². The quantitative estimate of drug-likeness (QED) is 0.898. The van der Waals surface area contributed by atoms with Crippen molar-refractivity contribution in [3.63, 3.8) is 0 Å². The molecule has 0 aliphatic rings.